The number of rotatable bonds is 0. The first-order chi connectivity index (χ1) is 9.83. The summed E-state index contributed by atoms with van der Waals surface area (Å²) < 4.78 is 0. The first-order valence-electron chi connectivity index (χ1n) is 6.71. The van der Waals surface area contributed by atoms with Crippen LogP contribution >= 0.6 is 0 Å². The summed E-state index contributed by atoms with van der Waals surface area (Å²) in [4.78, 5) is 12.0. The van der Waals surface area contributed by atoms with Crippen molar-refractivity contribution in [2.75, 3.05) is 0 Å². The number of azo groups is 1. The Hall–Kier alpha value is -2.55. The van der Waals surface area contributed by atoms with E-state index in [0.29, 0.717) is 6.42 Å². The summed E-state index contributed by atoms with van der Waals surface area (Å²) in [6, 6.07) is 8.07. The number of carbonyl (C=O) groups excluding carboxylic acids is 1. The number of benzene rings is 2. The highest BCUT2D eigenvalue weighted by Gasteiger charge is 2.13. The SMILES string of the molecule is O=C1CCC=c2cc3c4c(ccc3cc21)N=NC=CC=4. The Labute approximate surface area is 115 Å². The summed E-state index contributed by atoms with van der Waals surface area (Å²) in [5.41, 5.74) is 1.71. The minimum absolute atomic E-state index is 0.239. The van der Waals surface area contributed by atoms with Gasteiger partial charge in [-0.2, -0.15) is 10.2 Å². The standard InChI is InChI=1S/C17H12N2O/c20-17-5-1-3-11-9-14-12(10-15(11)17)6-7-16-13(14)4-2-8-18-19-16/h2-4,6-10H,1,5H2. The summed E-state index contributed by atoms with van der Waals surface area (Å²) in [6.45, 7) is 0. The third kappa shape index (κ3) is 1.63. The lowest BCUT2D eigenvalue weighted by Gasteiger charge is -2.10. The van der Waals surface area contributed by atoms with E-state index in [2.05, 4.69) is 22.4 Å². The van der Waals surface area contributed by atoms with Gasteiger partial charge >= 0.3 is 0 Å². The van der Waals surface area contributed by atoms with Gasteiger partial charge in [-0.05, 0) is 46.7 Å². The predicted molar refractivity (Wildman–Crippen MR) is 79.3 cm³/mol. The topological polar surface area (TPSA) is 41.8 Å². The number of Topliss-reactive ketones (excluding diaryl/α,β-unsaturated/α-hetero) is 1. The predicted octanol–water partition coefficient (Wildman–Crippen LogP) is 2.99. The van der Waals surface area contributed by atoms with Crippen molar-refractivity contribution in [2.45, 2.75) is 12.8 Å². The lowest BCUT2D eigenvalue weighted by molar-refractivity contribution is 0.0981. The van der Waals surface area contributed by atoms with E-state index in [9.17, 15) is 4.79 Å². The molecule has 0 spiro atoms. The molecule has 0 radical (unpaired) electrons. The Morgan fingerprint density at radius 2 is 2.10 bits per heavy atom. The summed E-state index contributed by atoms with van der Waals surface area (Å²) in [5, 5.41) is 12.5. The van der Waals surface area contributed by atoms with Gasteiger partial charge in [0.25, 0.3) is 0 Å². The number of nitrogens with zero attached hydrogens (tertiary/aromatic N) is 2. The van der Waals surface area contributed by atoms with Crippen molar-refractivity contribution in [1.82, 2.24) is 0 Å². The fraction of sp³-hybridized carbons (Fsp3) is 0.118. The average molecular weight is 260 g/mol. The highest BCUT2D eigenvalue weighted by molar-refractivity contribution is 6.02. The molecule has 0 amide bonds. The zero-order valence-electron chi connectivity index (χ0n) is 10.8. The van der Waals surface area contributed by atoms with Gasteiger partial charge in [-0.1, -0.05) is 18.2 Å². The van der Waals surface area contributed by atoms with Crippen molar-refractivity contribution in [2.24, 2.45) is 10.2 Å². The second-order valence-electron chi connectivity index (χ2n) is 5.05. The molecule has 0 saturated carbocycles. The van der Waals surface area contributed by atoms with Gasteiger partial charge in [0.05, 0.1) is 5.69 Å². The highest BCUT2D eigenvalue weighted by Crippen LogP contribution is 2.19. The van der Waals surface area contributed by atoms with Gasteiger partial charge in [-0.15, -0.1) is 0 Å². The Kier molecular flexibility index (Phi) is 2.39. The quantitative estimate of drug-likeness (QED) is 0.718. The maximum Gasteiger partial charge on any atom is 0.163 e. The van der Waals surface area contributed by atoms with Gasteiger partial charge < -0.3 is 0 Å². The molecule has 0 saturated heterocycles. The first kappa shape index (κ1) is 11.3. The summed E-state index contributed by atoms with van der Waals surface area (Å²) >= 11 is 0. The third-order valence-electron chi connectivity index (χ3n) is 3.83. The Morgan fingerprint density at radius 3 is 3.05 bits per heavy atom. The van der Waals surface area contributed by atoms with Gasteiger partial charge in [0.2, 0.25) is 0 Å². The van der Waals surface area contributed by atoms with Crippen LogP contribution in [-0.2, 0) is 0 Å². The fourth-order valence-electron chi connectivity index (χ4n) is 2.84. The van der Waals surface area contributed by atoms with Gasteiger partial charge in [-0.3, -0.25) is 4.79 Å². The number of hydrogen-bond donors (Lipinski definition) is 0. The molecule has 96 valence electrons. The van der Waals surface area contributed by atoms with Crippen molar-refractivity contribution >= 4 is 34.4 Å². The minimum Gasteiger partial charge on any atom is -0.294 e. The lowest BCUT2D eigenvalue weighted by Crippen LogP contribution is -2.20. The van der Waals surface area contributed by atoms with E-state index in [0.717, 1.165) is 38.9 Å². The molecule has 2 aromatic rings. The Bertz CT molecular complexity index is 920. The molecule has 0 aromatic heterocycles. The van der Waals surface area contributed by atoms with Crippen LogP contribution in [0.1, 0.15) is 23.2 Å². The summed E-state index contributed by atoms with van der Waals surface area (Å²) in [6.07, 6.45) is 9.18. The molecule has 2 aromatic carbocycles. The Morgan fingerprint density at radius 1 is 1.15 bits per heavy atom. The van der Waals surface area contributed by atoms with E-state index in [1.807, 2.05) is 30.4 Å². The van der Waals surface area contributed by atoms with Gasteiger partial charge in [0.1, 0.15) is 0 Å². The molecule has 0 unspecified atom stereocenters. The van der Waals surface area contributed by atoms with Crippen molar-refractivity contribution in [3.8, 4) is 0 Å². The minimum atomic E-state index is 0.239. The molecule has 0 bridgehead atoms. The normalized spacial score (nSPS) is 16.1. The molecule has 3 nitrogen and oxygen atoms in total. The van der Waals surface area contributed by atoms with Crippen LogP contribution in [0.5, 0.6) is 0 Å². The molecule has 0 fully saturated rings. The van der Waals surface area contributed by atoms with Crippen LogP contribution in [-0.4, -0.2) is 5.78 Å². The number of allylic oxidation sites excluding steroid dienone is 1. The third-order valence-corrected chi connectivity index (χ3v) is 3.83. The molecule has 1 aliphatic carbocycles. The molecule has 4 rings (SSSR count). The second-order valence-corrected chi connectivity index (χ2v) is 5.05. The summed E-state index contributed by atoms with van der Waals surface area (Å²) in [7, 11) is 0. The van der Waals surface area contributed by atoms with Crippen LogP contribution in [0.15, 0.2) is 46.8 Å². The van der Waals surface area contributed by atoms with Crippen LogP contribution in [0.25, 0.3) is 22.9 Å². The number of carbonyl (C=O) groups is 1. The van der Waals surface area contributed by atoms with E-state index in [-0.39, 0.29) is 5.78 Å². The number of fused-ring (bicyclic) bond motifs is 4. The van der Waals surface area contributed by atoms with Crippen LogP contribution < -0.4 is 10.4 Å². The van der Waals surface area contributed by atoms with Gasteiger partial charge in [-0.25, -0.2) is 0 Å². The van der Waals surface area contributed by atoms with Gasteiger partial charge in [0.15, 0.2) is 5.78 Å². The highest BCUT2D eigenvalue weighted by atomic mass is 16.1. The van der Waals surface area contributed by atoms with Crippen molar-refractivity contribution in [3.63, 3.8) is 0 Å². The van der Waals surface area contributed by atoms with Crippen LogP contribution in [0, 0.1) is 0 Å². The van der Waals surface area contributed by atoms with Crippen LogP contribution in [0.4, 0.5) is 5.69 Å². The van der Waals surface area contributed by atoms with E-state index in [4.69, 9.17) is 0 Å². The molecule has 0 atom stereocenters. The van der Waals surface area contributed by atoms with E-state index in [1.165, 1.54) is 0 Å². The molecule has 0 N–H and O–H groups in total. The molecule has 20 heavy (non-hydrogen) atoms. The first-order valence-corrected chi connectivity index (χ1v) is 6.71. The monoisotopic (exact) mass is 260 g/mol. The number of hydrogen-bond acceptors (Lipinski definition) is 3. The largest absolute Gasteiger partial charge is 0.294 e. The fourth-order valence-corrected chi connectivity index (χ4v) is 2.84. The average Bonchev–Trinajstić information content (AvgIpc) is 2.71. The van der Waals surface area contributed by atoms with Gasteiger partial charge in [0, 0.05) is 23.4 Å². The zero-order chi connectivity index (χ0) is 13.5. The molecular weight excluding hydrogens is 248 g/mol. The molecule has 2 aliphatic rings. The second kappa shape index (κ2) is 4.23. The van der Waals surface area contributed by atoms with E-state index < -0.39 is 0 Å². The lowest BCUT2D eigenvalue weighted by atomic mass is 9.94. The van der Waals surface area contributed by atoms with Crippen molar-refractivity contribution in [3.05, 3.63) is 52.5 Å². The maximum absolute atomic E-state index is 12.0. The molecule has 1 heterocycles. The molecular formula is C17H12N2O. The Balaban J connectivity index is 2.17. The van der Waals surface area contributed by atoms with E-state index in [1.54, 1.807) is 6.20 Å². The smallest absolute Gasteiger partial charge is 0.163 e. The maximum atomic E-state index is 12.0. The van der Waals surface area contributed by atoms with Crippen LogP contribution in [0.2, 0.25) is 0 Å². The van der Waals surface area contributed by atoms with Crippen molar-refractivity contribution in [1.29, 1.82) is 0 Å². The number of ketones is 1. The van der Waals surface area contributed by atoms with Crippen molar-refractivity contribution < 1.29 is 4.79 Å². The van der Waals surface area contributed by atoms with E-state index >= 15 is 0 Å². The molecule has 3 heteroatoms. The molecule has 1 aliphatic heterocycles. The van der Waals surface area contributed by atoms with Crippen LogP contribution in [0.3, 0.4) is 0 Å². The zero-order valence-corrected chi connectivity index (χ0v) is 10.8. The summed E-state index contributed by atoms with van der Waals surface area (Å²) in [5.74, 6) is 0.239.